The van der Waals surface area contributed by atoms with Crippen molar-refractivity contribution >= 4 is 15.9 Å². The lowest BCUT2D eigenvalue weighted by molar-refractivity contribution is -0.137. The fourth-order valence-electron chi connectivity index (χ4n) is 3.68. The molecule has 4 rings (SSSR count). The maximum atomic E-state index is 12.7. The van der Waals surface area contributed by atoms with Crippen LogP contribution in [0.25, 0.3) is 5.82 Å². The third-order valence-electron chi connectivity index (χ3n) is 5.63. The highest BCUT2D eigenvalue weighted by atomic mass is 32.2. The van der Waals surface area contributed by atoms with Crippen LogP contribution in [0.15, 0.2) is 53.7 Å². The van der Waals surface area contributed by atoms with Crippen LogP contribution in [0.5, 0.6) is 0 Å². The van der Waals surface area contributed by atoms with Gasteiger partial charge in [0.05, 0.1) is 27.9 Å². The van der Waals surface area contributed by atoms with Crippen molar-refractivity contribution in [1.29, 1.82) is 0 Å². The number of benzene rings is 1. The van der Waals surface area contributed by atoms with Crippen molar-refractivity contribution in [3.05, 3.63) is 71.2 Å². The second kappa shape index (κ2) is 9.18. The van der Waals surface area contributed by atoms with Crippen LogP contribution in [0.3, 0.4) is 0 Å². The van der Waals surface area contributed by atoms with Gasteiger partial charge in [0, 0.05) is 25.8 Å². The van der Waals surface area contributed by atoms with Crippen LogP contribution in [0.1, 0.15) is 40.0 Å². The summed E-state index contributed by atoms with van der Waals surface area (Å²) < 4.78 is 66.2. The lowest BCUT2D eigenvalue weighted by Gasteiger charge is -2.15. The van der Waals surface area contributed by atoms with Crippen molar-refractivity contribution in [2.45, 2.75) is 37.4 Å². The second-order valence-electron chi connectivity index (χ2n) is 7.90. The quantitative estimate of drug-likeness (QED) is 0.568. The molecule has 1 aromatic carbocycles. The fourth-order valence-corrected chi connectivity index (χ4v) is 5.19. The van der Waals surface area contributed by atoms with Gasteiger partial charge in [-0.05, 0) is 49.6 Å². The zero-order valence-electron chi connectivity index (χ0n) is 18.2. The van der Waals surface area contributed by atoms with Crippen LogP contribution in [-0.2, 0) is 22.7 Å². The summed E-state index contributed by atoms with van der Waals surface area (Å²) in [6.45, 7) is 2.82. The number of carbonyl (C=O) groups excluding carboxylic acids is 1. The van der Waals surface area contributed by atoms with E-state index >= 15 is 0 Å². The fraction of sp³-hybridized carbons (Fsp3) is 0.318. The van der Waals surface area contributed by atoms with Crippen LogP contribution in [-0.4, -0.2) is 46.5 Å². The summed E-state index contributed by atoms with van der Waals surface area (Å²) in [5.74, 6) is -0.274. The summed E-state index contributed by atoms with van der Waals surface area (Å²) in [5.41, 5.74) is 0.494. The lowest BCUT2D eigenvalue weighted by atomic mass is 10.2. The zero-order chi connectivity index (χ0) is 24.5. The van der Waals surface area contributed by atoms with Crippen LogP contribution < -0.4 is 5.32 Å². The maximum absolute atomic E-state index is 12.7. The molecule has 0 aliphatic carbocycles. The van der Waals surface area contributed by atoms with Crippen LogP contribution in [0.4, 0.5) is 13.2 Å². The summed E-state index contributed by atoms with van der Waals surface area (Å²) in [5, 5.41) is 6.81. The molecule has 1 saturated heterocycles. The Balaban J connectivity index is 1.41. The topological polar surface area (TPSA) is 97.2 Å². The normalized spacial score (nSPS) is 14.9. The number of carbonyl (C=O) groups is 1. The van der Waals surface area contributed by atoms with Gasteiger partial charge >= 0.3 is 6.18 Å². The van der Waals surface area contributed by atoms with Crippen molar-refractivity contribution in [1.82, 2.24) is 24.4 Å². The SMILES string of the molecule is Cc1c(C(=O)NCc2ccc(S(=O)(=O)N3CCCC3)cc2)cnn1-c1ccc(C(F)(F)F)cn1. The van der Waals surface area contributed by atoms with Crippen molar-refractivity contribution in [3.8, 4) is 5.82 Å². The molecule has 12 heteroatoms. The van der Waals surface area contributed by atoms with E-state index in [9.17, 15) is 26.4 Å². The highest BCUT2D eigenvalue weighted by molar-refractivity contribution is 7.89. The minimum absolute atomic E-state index is 0.152. The molecule has 1 amide bonds. The first kappa shape index (κ1) is 23.9. The van der Waals surface area contributed by atoms with Crippen LogP contribution >= 0.6 is 0 Å². The molecule has 180 valence electrons. The van der Waals surface area contributed by atoms with Gasteiger partial charge in [-0.2, -0.15) is 22.6 Å². The molecule has 0 bridgehead atoms. The number of alkyl halides is 3. The largest absolute Gasteiger partial charge is 0.417 e. The molecular formula is C22H22F3N5O3S. The van der Waals surface area contributed by atoms with E-state index in [0.29, 0.717) is 30.5 Å². The minimum atomic E-state index is -4.49. The smallest absolute Gasteiger partial charge is 0.348 e. The first-order chi connectivity index (χ1) is 16.1. The van der Waals surface area contributed by atoms with Gasteiger partial charge in [-0.3, -0.25) is 4.79 Å². The molecule has 0 spiro atoms. The van der Waals surface area contributed by atoms with E-state index < -0.39 is 27.7 Å². The van der Waals surface area contributed by atoms with Gasteiger partial charge in [0.15, 0.2) is 5.82 Å². The van der Waals surface area contributed by atoms with Gasteiger partial charge in [0.25, 0.3) is 5.91 Å². The molecule has 0 radical (unpaired) electrons. The Bertz CT molecular complexity index is 1280. The Morgan fingerprint density at radius 1 is 1.06 bits per heavy atom. The Kier molecular flexibility index (Phi) is 6.45. The highest BCUT2D eigenvalue weighted by Gasteiger charge is 2.31. The summed E-state index contributed by atoms with van der Waals surface area (Å²) in [6.07, 6.45) is -0.756. The van der Waals surface area contributed by atoms with Crippen molar-refractivity contribution in [3.63, 3.8) is 0 Å². The van der Waals surface area contributed by atoms with Crippen LogP contribution in [0, 0.1) is 6.92 Å². The van der Waals surface area contributed by atoms with E-state index in [-0.39, 0.29) is 22.8 Å². The van der Waals surface area contributed by atoms with Gasteiger partial charge in [-0.1, -0.05) is 12.1 Å². The van der Waals surface area contributed by atoms with E-state index in [4.69, 9.17) is 0 Å². The number of nitrogens with one attached hydrogen (secondary N) is 1. The number of pyridine rings is 1. The van der Waals surface area contributed by atoms with Crippen LogP contribution in [0.2, 0.25) is 0 Å². The summed E-state index contributed by atoms with van der Waals surface area (Å²) in [7, 11) is -3.50. The monoisotopic (exact) mass is 493 g/mol. The number of rotatable bonds is 6. The molecule has 3 aromatic rings. The molecule has 0 atom stereocenters. The van der Waals surface area contributed by atoms with Gasteiger partial charge in [-0.25, -0.2) is 18.1 Å². The third-order valence-corrected chi connectivity index (χ3v) is 7.54. The number of halogens is 3. The average Bonchev–Trinajstić information content (AvgIpc) is 3.48. The maximum Gasteiger partial charge on any atom is 0.417 e. The molecular weight excluding hydrogens is 471 g/mol. The van der Waals surface area contributed by atoms with Crippen molar-refractivity contribution in [2.24, 2.45) is 0 Å². The van der Waals surface area contributed by atoms with Gasteiger partial charge < -0.3 is 5.32 Å². The molecule has 1 N–H and O–H groups in total. The number of hydrogen-bond donors (Lipinski definition) is 1. The van der Waals surface area contributed by atoms with Gasteiger partial charge in [0.2, 0.25) is 10.0 Å². The van der Waals surface area contributed by atoms with E-state index in [1.54, 1.807) is 19.1 Å². The van der Waals surface area contributed by atoms with E-state index in [1.165, 1.54) is 33.4 Å². The standard InChI is InChI=1S/C22H22F3N5O3S/c1-15-19(14-28-30(15)20-9-6-17(13-26-20)22(23,24)25)21(31)27-12-16-4-7-18(8-5-16)34(32,33)29-10-2-3-11-29/h4-9,13-14H,2-3,10-12H2,1H3,(H,27,31). The molecule has 3 heterocycles. The molecule has 34 heavy (non-hydrogen) atoms. The number of sulfonamides is 1. The number of aromatic nitrogens is 3. The van der Waals surface area contributed by atoms with E-state index in [1.807, 2.05) is 0 Å². The predicted molar refractivity (Wildman–Crippen MR) is 117 cm³/mol. The molecule has 1 aliphatic rings. The van der Waals surface area contributed by atoms with Gasteiger partial charge in [-0.15, -0.1) is 0 Å². The van der Waals surface area contributed by atoms with Gasteiger partial charge in [0.1, 0.15) is 0 Å². The highest BCUT2D eigenvalue weighted by Crippen LogP contribution is 2.29. The van der Waals surface area contributed by atoms with Crippen molar-refractivity contribution in [2.75, 3.05) is 13.1 Å². The third kappa shape index (κ3) is 4.82. The Morgan fingerprint density at radius 3 is 2.32 bits per heavy atom. The number of nitrogens with zero attached hydrogens (tertiary/aromatic N) is 4. The molecule has 0 saturated carbocycles. The summed E-state index contributed by atoms with van der Waals surface area (Å²) >= 11 is 0. The molecule has 8 nitrogen and oxygen atoms in total. The Hall–Kier alpha value is -3.25. The first-order valence-electron chi connectivity index (χ1n) is 10.5. The number of hydrogen-bond acceptors (Lipinski definition) is 5. The first-order valence-corrected chi connectivity index (χ1v) is 12.0. The molecule has 1 fully saturated rings. The molecule has 0 unspecified atom stereocenters. The Labute approximate surface area is 194 Å². The average molecular weight is 494 g/mol. The zero-order valence-corrected chi connectivity index (χ0v) is 19.0. The second-order valence-corrected chi connectivity index (χ2v) is 9.83. The molecule has 2 aromatic heterocycles. The van der Waals surface area contributed by atoms with Crippen molar-refractivity contribution < 1.29 is 26.4 Å². The predicted octanol–water partition coefficient (Wildman–Crippen LogP) is 3.31. The summed E-state index contributed by atoms with van der Waals surface area (Å²) in [4.78, 5) is 16.6. The summed E-state index contributed by atoms with van der Waals surface area (Å²) in [6, 6.07) is 8.42. The van der Waals surface area contributed by atoms with E-state index in [0.717, 1.165) is 18.9 Å². The lowest BCUT2D eigenvalue weighted by Crippen LogP contribution is -2.28. The number of amides is 1. The molecule has 1 aliphatic heterocycles. The van der Waals surface area contributed by atoms with E-state index in [2.05, 4.69) is 15.4 Å². The Morgan fingerprint density at radius 2 is 1.74 bits per heavy atom. The minimum Gasteiger partial charge on any atom is -0.348 e.